The second-order valence-corrected chi connectivity index (χ2v) is 4.39. The summed E-state index contributed by atoms with van der Waals surface area (Å²) in [5.41, 5.74) is -0.497. The molecule has 1 heterocycles. The van der Waals surface area contributed by atoms with Crippen molar-refractivity contribution in [2.24, 2.45) is 0 Å². The third-order valence-corrected chi connectivity index (χ3v) is 3.02. The molecule has 1 aromatic rings. The summed E-state index contributed by atoms with van der Waals surface area (Å²) in [6, 6.07) is 5.18. The van der Waals surface area contributed by atoms with Gasteiger partial charge in [0.15, 0.2) is 5.60 Å². The molecule has 0 radical (unpaired) electrons. The fourth-order valence-electron chi connectivity index (χ4n) is 1.73. The second kappa shape index (κ2) is 3.59. The first-order chi connectivity index (χ1) is 7.08. The number of hydrogen-bond acceptors (Lipinski definition) is 3. The van der Waals surface area contributed by atoms with Crippen LogP contribution in [0, 0.1) is 0 Å². The Hall–Kier alpha value is -0.910. The zero-order valence-electron chi connectivity index (χ0n) is 7.83. The lowest BCUT2D eigenvalue weighted by atomic mass is 9.92. The number of carbonyl (C=O) groups excluding carboxylic acids is 1. The van der Waals surface area contributed by atoms with E-state index in [1.807, 2.05) is 0 Å². The highest BCUT2D eigenvalue weighted by Crippen LogP contribution is 2.39. The highest BCUT2D eigenvalue weighted by Gasteiger charge is 2.44. The van der Waals surface area contributed by atoms with Crippen LogP contribution in [0.4, 0.5) is 5.69 Å². The molecular formula is C10H10BrNO3. The number of amides is 1. The van der Waals surface area contributed by atoms with E-state index in [-0.39, 0.29) is 13.0 Å². The van der Waals surface area contributed by atoms with Gasteiger partial charge in [-0.25, -0.2) is 0 Å². The Morgan fingerprint density at radius 1 is 1.47 bits per heavy atom. The molecule has 3 N–H and O–H groups in total. The topological polar surface area (TPSA) is 69.6 Å². The van der Waals surface area contributed by atoms with Gasteiger partial charge in [-0.05, 0) is 18.2 Å². The predicted molar refractivity (Wildman–Crippen MR) is 58.4 cm³/mol. The van der Waals surface area contributed by atoms with Crippen molar-refractivity contribution in [3.05, 3.63) is 28.2 Å². The van der Waals surface area contributed by atoms with Crippen LogP contribution >= 0.6 is 15.9 Å². The fourth-order valence-corrected chi connectivity index (χ4v) is 2.09. The molecule has 1 aliphatic rings. The van der Waals surface area contributed by atoms with Gasteiger partial charge < -0.3 is 15.5 Å². The van der Waals surface area contributed by atoms with Gasteiger partial charge in [0.25, 0.3) is 5.91 Å². The summed E-state index contributed by atoms with van der Waals surface area (Å²) in [5.74, 6) is -0.482. The monoisotopic (exact) mass is 271 g/mol. The molecular weight excluding hydrogens is 262 g/mol. The molecule has 15 heavy (non-hydrogen) atoms. The van der Waals surface area contributed by atoms with Gasteiger partial charge in [-0.1, -0.05) is 15.9 Å². The molecule has 5 heteroatoms. The Kier molecular flexibility index (Phi) is 2.54. The van der Waals surface area contributed by atoms with Crippen molar-refractivity contribution in [2.75, 3.05) is 11.9 Å². The largest absolute Gasteiger partial charge is 0.396 e. The van der Waals surface area contributed by atoms with Gasteiger partial charge in [-0.15, -0.1) is 0 Å². The van der Waals surface area contributed by atoms with Crippen molar-refractivity contribution in [3.8, 4) is 0 Å². The van der Waals surface area contributed by atoms with Crippen molar-refractivity contribution in [1.29, 1.82) is 0 Å². The average Bonchev–Trinajstić information content (AvgIpc) is 2.42. The summed E-state index contributed by atoms with van der Waals surface area (Å²) in [7, 11) is 0. The number of halogens is 1. The lowest BCUT2D eigenvalue weighted by Gasteiger charge is -2.19. The van der Waals surface area contributed by atoms with E-state index < -0.39 is 11.5 Å². The zero-order chi connectivity index (χ0) is 11.1. The SMILES string of the molecule is O=C1Nc2ccc(Br)cc2[C@@]1(O)CCO. The quantitative estimate of drug-likeness (QED) is 0.751. The van der Waals surface area contributed by atoms with E-state index in [9.17, 15) is 9.90 Å². The van der Waals surface area contributed by atoms with Gasteiger partial charge in [0, 0.05) is 28.8 Å². The van der Waals surface area contributed by atoms with Crippen LogP contribution in [0.1, 0.15) is 12.0 Å². The fraction of sp³-hybridized carbons (Fsp3) is 0.300. The van der Waals surface area contributed by atoms with Crippen molar-refractivity contribution in [2.45, 2.75) is 12.0 Å². The number of fused-ring (bicyclic) bond motifs is 1. The van der Waals surface area contributed by atoms with E-state index in [4.69, 9.17) is 5.11 Å². The number of nitrogens with one attached hydrogen (secondary N) is 1. The van der Waals surface area contributed by atoms with Gasteiger partial charge in [-0.3, -0.25) is 4.79 Å². The Labute approximate surface area is 95.1 Å². The van der Waals surface area contributed by atoms with Crippen LogP contribution in [0.25, 0.3) is 0 Å². The first-order valence-corrected chi connectivity index (χ1v) is 5.32. The number of carbonyl (C=O) groups is 1. The summed E-state index contributed by atoms with van der Waals surface area (Å²) >= 11 is 3.27. The molecule has 2 rings (SSSR count). The van der Waals surface area contributed by atoms with Crippen LogP contribution in [0.3, 0.4) is 0 Å². The van der Waals surface area contributed by atoms with Gasteiger partial charge in [0.1, 0.15) is 0 Å². The minimum Gasteiger partial charge on any atom is -0.396 e. The molecule has 4 nitrogen and oxygen atoms in total. The van der Waals surface area contributed by atoms with Gasteiger partial charge >= 0.3 is 0 Å². The van der Waals surface area contributed by atoms with Crippen LogP contribution in [0.5, 0.6) is 0 Å². The molecule has 0 unspecified atom stereocenters. The van der Waals surface area contributed by atoms with Crippen LogP contribution < -0.4 is 5.32 Å². The number of benzene rings is 1. The van der Waals surface area contributed by atoms with Crippen LogP contribution in [0.2, 0.25) is 0 Å². The maximum atomic E-state index is 11.6. The third kappa shape index (κ3) is 1.56. The van der Waals surface area contributed by atoms with Gasteiger partial charge in [-0.2, -0.15) is 0 Å². The van der Waals surface area contributed by atoms with E-state index in [2.05, 4.69) is 21.2 Å². The summed E-state index contributed by atoms with van der Waals surface area (Å²) in [6.07, 6.45) is 0.00227. The zero-order valence-corrected chi connectivity index (χ0v) is 9.41. The van der Waals surface area contributed by atoms with Crippen LogP contribution in [-0.2, 0) is 10.4 Å². The van der Waals surface area contributed by atoms with Crippen LogP contribution in [-0.4, -0.2) is 22.7 Å². The van der Waals surface area contributed by atoms with Gasteiger partial charge in [0.2, 0.25) is 0 Å². The molecule has 80 valence electrons. The third-order valence-electron chi connectivity index (χ3n) is 2.52. The Balaban J connectivity index is 2.52. The summed E-state index contributed by atoms with van der Waals surface area (Å²) in [5, 5.41) is 21.6. The summed E-state index contributed by atoms with van der Waals surface area (Å²) in [6.45, 7) is -0.240. The van der Waals surface area contributed by atoms with E-state index >= 15 is 0 Å². The number of aliphatic hydroxyl groups is 2. The van der Waals surface area contributed by atoms with E-state index in [0.29, 0.717) is 11.3 Å². The number of hydrogen-bond donors (Lipinski definition) is 3. The average molecular weight is 272 g/mol. The lowest BCUT2D eigenvalue weighted by molar-refractivity contribution is -0.135. The number of rotatable bonds is 2. The smallest absolute Gasteiger partial charge is 0.261 e. The van der Waals surface area contributed by atoms with E-state index in [0.717, 1.165) is 4.47 Å². The molecule has 1 aromatic carbocycles. The Morgan fingerprint density at radius 3 is 2.87 bits per heavy atom. The van der Waals surface area contributed by atoms with Gasteiger partial charge in [0.05, 0.1) is 0 Å². The maximum absolute atomic E-state index is 11.6. The maximum Gasteiger partial charge on any atom is 0.261 e. The van der Waals surface area contributed by atoms with Crippen molar-refractivity contribution in [1.82, 2.24) is 0 Å². The first-order valence-electron chi connectivity index (χ1n) is 4.52. The molecule has 0 spiro atoms. The van der Waals surface area contributed by atoms with E-state index in [1.54, 1.807) is 18.2 Å². The minimum atomic E-state index is -1.60. The standard InChI is InChI=1S/C10H10BrNO3/c11-6-1-2-8-7(5-6)10(15,3-4-13)9(14)12-8/h1-2,5,13,15H,3-4H2,(H,12,14)/t10-/m0/s1. The predicted octanol–water partition coefficient (Wildman–Crippen LogP) is 0.971. The minimum absolute atomic E-state index is 0.00227. The molecule has 0 fully saturated rings. The highest BCUT2D eigenvalue weighted by atomic mass is 79.9. The molecule has 0 aliphatic carbocycles. The Morgan fingerprint density at radius 2 is 2.20 bits per heavy atom. The molecule has 1 aliphatic heterocycles. The highest BCUT2D eigenvalue weighted by molar-refractivity contribution is 9.10. The van der Waals surface area contributed by atoms with Crippen molar-refractivity contribution < 1.29 is 15.0 Å². The van der Waals surface area contributed by atoms with Crippen molar-refractivity contribution >= 4 is 27.5 Å². The van der Waals surface area contributed by atoms with Crippen molar-refractivity contribution in [3.63, 3.8) is 0 Å². The summed E-state index contributed by atoms with van der Waals surface area (Å²) < 4.78 is 0.786. The molecule has 1 amide bonds. The molecule has 0 saturated heterocycles. The lowest BCUT2D eigenvalue weighted by Crippen LogP contribution is -2.35. The molecule has 1 atom stereocenters. The van der Waals surface area contributed by atoms with E-state index in [1.165, 1.54) is 0 Å². The molecule has 0 bridgehead atoms. The number of aliphatic hydroxyl groups excluding tert-OH is 1. The summed E-state index contributed by atoms with van der Waals surface area (Å²) in [4.78, 5) is 11.6. The normalized spacial score (nSPS) is 23.8. The Bertz CT molecular complexity index is 421. The second-order valence-electron chi connectivity index (χ2n) is 3.48. The first kappa shape index (κ1) is 10.6. The van der Waals surface area contributed by atoms with Crippen LogP contribution in [0.15, 0.2) is 22.7 Å². The molecule has 0 aromatic heterocycles. The molecule has 0 saturated carbocycles. The number of anilines is 1.